The number of hydrogen-bond donors (Lipinski definition) is 4. The van der Waals surface area contributed by atoms with E-state index in [0.29, 0.717) is 18.1 Å². The van der Waals surface area contributed by atoms with Crippen molar-refractivity contribution in [1.82, 2.24) is 24.8 Å². The zero-order chi connectivity index (χ0) is 28.9. The Kier molecular flexibility index (Phi) is 11.5. The summed E-state index contributed by atoms with van der Waals surface area (Å²) in [4.78, 5) is 40.6. The first-order valence-electron chi connectivity index (χ1n) is 9.86. The summed E-state index contributed by atoms with van der Waals surface area (Å²) >= 11 is 0. The number of hydrogen-bond acceptors (Lipinski definition) is 6. The van der Waals surface area contributed by atoms with Crippen LogP contribution in [0.25, 0.3) is 11.8 Å². The Morgan fingerprint density at radius 3 is 2.13 bits per heavy atom. The molecule has 0 fully saturated rings. The molecule has 1 aromatic carbocycles. The Labute approximate surface area is 209 Å². The molecule has 0 radical (unpaired) electrons. The van der Waals surface area contributed by atoms with Crippen LogP contribution in [-0.2, 0) is 20.9 Å². The molecular weight excluding hydrogens is 532 g/mol. The Balaban J connectivity index is 0.000000426. The fourth-order valence-corrected chi connectivity index (χ4v) is 2.21. The molecule has 38 heavy (non-hydrogen) atoms. The van der Waals surface area contributed by atoms with Crippen molar-refractivity contribution in [2.75, 3.05) is 7.11 Å². The minimum atomic E-state index is -5.08. The van der Waals surface area contributed by atoms with Gasteiger partial charge in [0.2, 0.25) is 5.91 Å². The van der Waals surface area contributed by atoms with Crippen molar-refractivity contribution in [1.29, 1.82) is 0 Å². The van der Waals surface area contributed by atoms with Gasteiger partial charge < -0.3 is 29.8 Å². The first-order valence-corrected chi connectivity index (χ1v) is 9.86. The SMILES string of the molecule is COc1cc(/C=C/C(=O)NCc2ncc[nH]2)ccc1-n1ccnc1.O=C(O)C(F)(F)F.O=C(O)C(F)(F)F. The Morgan fingerprint density at radius 1 is 1.08 bits per heavy atom. The number of ether oxygens (including phenoxy) is 1. The average molecular weight is 551 g/mol. The third-order valence-electron chi connectivity index (χ3n) is 3.88. The summed E-state index contributed by atoms with van der Waals surface area (Å²) in [6.07, 6.45) is 1.66. The molecule has 0 unspecified atom stereocenters. The van der Waals surface area contributed by atoms with Gasteiger partial charge in [-0.2, -0.15) is 26.3 Å². The van der Waals surface area contributed by atoms with Gasteiger partial charge in [0, 0.05) is 30.9 Å². The number of rotatable bonds is 6. The molecule has 0 atom stereocenters. The fourth-order valence-electron chi connectivity index (χ4n) is 2.21. The lowest BCUT2D eigenvalue weighted by Crippen LogP contribution is -2.21. The van der Waals surface area contributed by atoms with Gasteiger partial charge >= 0.3 is 24.3 Å². The minimum Gasteiger partial charge on any atom is -0.495 e. The van der Waals surface area contributed by atoms with E-state index < -0.39 is 24.3 Å². The largest absolute Gasteiger partial charge is 0.495 e. The predicted octanol–water partition coefficient (Wildman–Crippen LogP) is 3.20. The van der Waals surface area contributed by atoms with Crippen LogP contribution in [0, 0.1) is 0 Å². The molecule has 0 aliphatic carbocycles. The number of H-pyrrole nitrogens is 1. The third kappa shape index (κ3) is 11.3. The number of carbonyl (C=O) groups excluding carboxylic acids is 1. The van der Waals surface area contributed by atoms with Gasteiger partial charge in [0.1, 0.15) is 11.6 Å². The fraction of sp³-hybridized carbons (Fsp3) is 0.190. The minimum absolute atomic E-state index is 0.191. The Hall–Kier alpha value is -4.83. The lowest BCUT2D eigenvalue weighted by atomic mass is 10.1. The molecule has 17 heteroatoms. The second-order valence-electron chi connectivity index (χ2n) is 6.59. The van der Waals surface area contributed by atoms with Gasteiger partial charge in [0.25, 0.3) is 0 Å². The van der Waals surface area contributed by atoms with Gasteiger partial charge in [-0.1, -0.05) is 6.07 Å². The lowest BCUT2D eigenvalue weighted by molar-refractivity contribution is -0.193. The van der Waals surface area contributed by atoms with E-state index in [1.54, 1.807) is 38.1 Å². The molecule has 0 spiro atoms. The highest BCUT2D eigenvalue weighted by Crippen LogP contribution is 2.24. The maximum Gasteiger partial charge on any atom is 0.490 e. The van der Waals surface area contributed by atoms with E-state index in [9.17, 15) is 31.1 Å². The van der Waals surface area contributed by atoms with Crippen LogP contribution in [0.4, 0.5) is 26.3 Å². The summed E-state index contributed by atoms with van der Waals surface area (Å²) in [5, 5.41) is 17.0. The monoisotopic (exact) mass is 551 g/mol. The van der Waals surface area contributed by atoms with Crippen molar-refractivity contribution in [2.24, 2.45) is 0 Å². The van der Waals surface area contributed by atoms with Crippen LogP contribution >= 0.6 is 0 Å². The van der Waals surface area contributed by atoms with Gasteiger partial charge in [-0.25, -0.2) is 19.6 Å². The zero-order valence-electron chi connectivity index (χ0n) is 19.1. The van der Waals surface area contributed by atoms with Crippen LogP contribution in [0.5, 0.6) is 5.75 Å². The molecule has 4 N–H and O–H groups in total. The molecule has 0 aliphatic heterocycles. The van der Waals surface area contributed by atoms with Crippen molar-refractivity contribution in [2.45, 2.75) is 18.9 Å². The van der Waals surface area contributed by atoms with E-state index in [2.05, 4.69) is 20.3 Å². The van der Waals surface area contributed by atoms with Crippen LogP contribution in [0.1, 0.15) is 11.4 Å². The Bertz CT molecular complexity index is 1180. The predicted molar refractivity (Wildman–Crippen MR) is 117 cm³/mol. The van der Waals surface area contributed by atoms with Crippen LogP contribution in [-0.4, -0.2) is 67.0 Å². The number of alkyl halides is 6. The molecule has 0 bridgehead atoms. The number of imidazole rings is 2. The number of methoxy groups -OCH3 is 1. The van der Waals surface area contributed by atoms with Crippen LogP contribution in [0.2, 0.25) is 0 Å². The summed E-state index contributed by atoms with van der Waals surface area (Å²) in [6.45, 7) is 0.360. The molecule has 0 aliphatic rings. The third-order valence-corrected chi connectivity index (χ3v) is 3.88. The van der Waals surface area contributed by atoms with Gasteiger partial charge in [-0.15, -0.1) is 0 Å². The first-order chi connectivity index (χ1) is 17.6. The number of aromatic amines is 1. The van der Waals surface area contributed by atoms with Crippen molar-refractivity contribution < 1.29 is 55.7 Å². The van der Waals surface area contributed by atoms with E-state index in [-0.39, 0.29) is 5.91 Å². The number of aromatic nitrogens is 4. The normalized spacial score (nSPS) is 11.0. The Morgan fingerprint density at radius 2 is 1.68 bits per heavy atom. The lowest BCUT2D eigenvalue weighted by Gasteiger charge is -2.09. The van der Waals surface area contributed by atoms with Gasteiger partial charge in [-0.3, -0.25) is 4.79 Å². The number of carbonyl (C=O) groups is 3. The average Bonchev–Trinajstić information content (AvgIpc) is 3.55. The summed E-state index contributed by atoms with van der Waals surface area (Å²) < 4.78 is 70.8. The number of carboxylic acid groups (broad SMARTS) is 2. The quantitative estimate of drug-likeness (QED) is 0.269. The molecule has 2 aromatic heterocycles. The maximum absolute atomic E-state index is 11.8. The van der Waals surface area contributed by atoms with E-state index in [1.807, 2.05) is 29.0 Å². The molecule has 0 saturated heterocycles. The molecule has 2 heterocycles. The van der Waals surface area contributed by atoms with Crippen molar-refractivity contribution in [3.8, 4) is 11.4 Å². The van der Waals surface area contributed by atoms with E-state index in [0.717, 1.165) is 11.3 Å². The van der Waals surface area contributed by atoms with Crippen LogP contribution < -0.4 is 10.1 Å². The molecule has 1 amide bonds. The molecular formula is C21H19F6N5O6. The summed E-state index contributed by atoms with van der Waals surface area (Å²) in [6, 6.07) is 5.70. The number of benzene rings is 1. The number of nitrogens with zero attached hydrogens (tertiary/aromatic N) is 3. The number of halogens is 6. The maximum atomic E-state index is 11.8. The van der Waals surface area contributed by atoms with E-state index >= 15 is 0 Å². The highest BCUT2D eigenvalue weighted by molar-refractivity contribution is 5.91. The van der Waals surface area contributed by atoms with Crippen LogP contribution in [0.15, 0.2) is 55.4 Å². The van der Waals surface area contributed by atoms with Gasteiger partial charge in [-0.05, 0) is 23.8 Å². The van der Waals surface area contributed by atoms with Gasteiger partial charge in [0.05, 0.1) is 25.7 Å². The van der Waals surface area contributed by atoms with Crippen molar-refractivity contribution >= 4 is 23.9 Å². The molecule has 206 valence electrons. The standard InChI is InChI=1S/C17H17N5O2.2C2HF3O2/c1-24-15-10-13(2-4-14(15)22-9-8-18-12-22)3-5-17(23)21-11-16-19-6-7-20-16;2*3-2(4,5)1(6)7/h2-10,12H,11H2,1H3,(H,19,20)(H,21,23);2*(H,6,7)/b5-3+;;. The first kappa shape index (κ1) is 31.2. The number of nitrogens with one attached hydrogen (secondary N) is 2. The highest BCUT2D eigenvalue weighted by atomic mass is 19.4. The van der Waals surface area contributed by atoms with Gasteiger partial charge in [0.15, 0.2) is 0 Å². The summed E-state index contributed by atoms with van der Waals surface area (Å²) in [5.74, 6) is -4.29. The number of amides is 1. The molecule has 3 rings (SSSR count). The number of carboxylic acids is 2. The van der Waals surface area contributed by atoms with E-state index in [4.69, 9.17) is 24.5 Å². The topological polar surface area (TPSA) is 159 Å². The second-order valence-corrected chi connectivity index (χ2v) is 6.59. The smallest absolute Gasteiger partial charge is 0.490 e. The molecule has 3 aromatic rings. The highest BCUT2D eigenvalue weighted by Gasteiger charge is 2.38. The summed E-state index contributed by atoms with van der Waals surface area (Å²) in [5.41, 5.74) is 1.75. The number of aliphatic carboxylic acids is 2. The van der Waals surface area contributed by atoms with Crippen molar-refractivity contribution in [3.05, 3.63) is 66.8 Å². The molecule has 11 nitrogen and oxygen atoms in total. The zero-order valence-corrected chi connectivity index (χ0v) is 19.1. The van der Waals surface area contributed by atoms with Crippen LogP contribution in [0.3, 0.4) is 0 Å². The van der Waals surface area contributed by atoms with E-state index in [1.165, 1.54) is 6.08 Å². The molecule has 0 saturated carbocycles. The van der Waals surface area contributed by atoms with Crippen molar-refractivity contribution in [3.63, 3.8) is 0 Å². The second kappa shape index (κ2) is 14.0. The summed E-state index contributed by atoms with van der Waals surface area (Å²) in [7, 11) is 1.61.